The number of hydrogen-bond donors (Lipinski definition) is 1. The normalized spacial score (nSPS) is 15.8. The first-order chi connectivity index (χ1) is 13.2. The van der Waals surface area contributed by atoms with E-state index in [4.69, 9.17) is 23.2 Å². The first-order valence-electron chi connectivity index (χ1n) is 8.73. The zero-order chi connectivity index (χ0) is 20.5. The van der Waals surface area contributed by atoms with E-state index in [0.29, 0.717) is 15.7 Å². The average Bonchev–Trinajstić information content (AvgIpc) is 2.62. The van der Waals surface area contributed by atoms with Crippen LogP contribution in [0.5, 0.6) is 0 Å². The third-order valence-electron chi connectivity index (χ3n) is 4.82. The van der Waals surface area contributed by atoms with Crippen LogP contribution in [0.2, 0.25) is 10.0 Å². The lowest BCUT2D eigenvalue weighted by Crippen LogP contribution is -2.63. The fraction of sp³-hybridized carbons (Fsp3) is 0.300. The van der Waals surface area contributed by atoms with Crippen molar-refractivity contribution in [3.63, 3.8) is 0 Å². The van der Waals surface area contributed by atoms with Crippen molar-refractivity contribution in [1.82, 2.24) is 9.80 Å². The highest BCUT2D eigenvalue weighted by molar-refractivity contribution is 6.34. The van der Waals surface area contributed by atoms with Crippen LogP contribution in [0.25, 0.3) is 0 Å². The van der Waals surface area contributed by atoms with Crippen LogP contribution in [0.4, 0.5) is 10.5 Å². The van der Waals surface area contributed by atoms with Crippen molar-refractivity contribution in [1.29, 1.82) is 0 Å². The van der Waals surface area contributed by atoms with Gasteiger partial charge in [-0.15, -0.1) is 0 Å². The maximum Gasteiger partial charge on any atom is 0.327 e. The van der Waals surface area contributed by atoms with Crippen LogP contribution in [-0.4, -0.2) is 46.8 Å². The molecular formula is C20H21Cl2N3O3. The number of amides is 2. The molecule has 1 saturated heterocycles. The largest absolute Gasteiger partial charge is 0.480 e. The second-order valence-electron chi connectivity index (χ2n) is 7.20. The summed E-state index contributed by atoms with van der Waals surface area (Å²) in [5, 5.41) is 10.2. The van der Waals surface area contributed by atoms with Gasteiger partial charge in [0.2, 0.25) is 0 Å². The fourth-order valence-corrected chi connectivity index (χ4v) is 3.81. The molecule has 28 heavy (non-hydrogen) atoms. The van der Waals surface area contributed by atoms with Gasteiger partial charge < -0.3 is 10.0 Å². The molecule has 2 aromatic carbocycles. The number of para-hydroxylation sites is 1. The minimum absolute atomic E-state index is 0.172. The summed E-state index contributed by atoms with van der Waals surface area (Å²) in [6, 6.07) is 14.1. The molecule has 3 rings (SSSR count). The summed E-state index contributed by atoms with van der Waals surface area (Å²) in [7, 11) is 0. The lowest BCUT2D eigenvalue weighted by molar-refractivity contribution is -0.139. The van der Waals surface area contributed by atoms with Gasteiger partial charge in [-0.3, -0.25) is 14.6 Å². The Balaban J connectivity index is 2.01. The summed E-state index contributed by atoms with van der Waals surface area (Å²) in [4.78, 5) is 29.6. The molecule has 1 fully saturated rings. The molecule has 1 aliphatic heterocycles. The van der Waals surface area contributed by atoms with Gasteiger partial charge in [0.05, 0.1) is 25.4 Å². The van der Waals surface area contributed by atoms with E-state index in [2.05, 4.69) is 0 Å². The van der Waals surface area contributed by atoms with Gasteiger partial charge in [0, 0.05) is 15.7 Å². The number of benzene rings is 2. The molecule has 0 aromatic heterocycles. The van der Waals surface area contributed by atoms with Crippen LogP contribution < -0.4 is 4.90 Å². The quantitative estimate of drug-likeness (QED) is 0.772. The molecule has 0 radical (unpaired) electrons. The standard InChI is InChI=1S/C20H21Cl2N3O3/c1-20(2,14-8-15(21)10-16(22)9-14)25-13-23(11-18(26)27)12-24(19(25)28)17-6-4-3-5-7-17/h3-10H,11-13H2,1-2H3,(H,26,27). The molecule has 6 nitrogen and oxygen atoms in total. The number of aliphatic carboxylic acids is 1. The molecule has 1 heterocycles. The van der Waals surface area contributed by atoms with Crippen LogP contribution in [0.3, 0.4) is 0 Å². The topological polar surface area (TPSA) is 64.1 Å². The van der Waals surface area contributed by atoms with Crippen LogP contribution in [-0.2, 0) is 10.3 Å². The maximum atomic E-state index is 13.4. The smallest absolute Gasteiger partial charge is 0.327 e. The summed E-state index contributed by atoms with van der Waals surface area (Å²) in [5.74, 6) is -0.953. The lowest BCUT2D eigenvalue weighted by Gasteiger charge is -2.48. The number of carbonyl (C=O) groups is 2. The Labute approximate surface area is 173 Å². The van der Waals surface area contributed by atoms with Gasteiger partial charge >= 0.3 is 12.0 Å². The van der Waals surface area contributed by atoms with Gasteiger partial charge in [-0.1, -0.05) is 41.4 Å². The molecule has 0 saturated carbocycles. The average molecular weight is 422 g/mol. The highest BCUT2D eigenvalue weighted by Gasteiger charge is 2.41. The van der Waals surface area contributed by atoms with E-state index >= 15 is 0 Å². The minimum Gasteiger partial charge on any atom is -0.480 e. The summed E-state index contributed by atoms with van der Waals surface area (Å²) in [6.45, 7) is 3.96. The van der Waals surface area contributed by atoms with E-state index in [1.807, 2.05) is 44.2 Å². The number of rotatable bonds is 5. The van der Waals surface area contributed by atoms with Crippen molar-refractivity contribution in [2.75, 3.05) is 24.8 Å². The highest BCUT2D eigenvalue weighted by atomic mass is 35.5. The Morgan fingerprint density at radius 1 is 1.07 bits per heavy atom. The van der Waals surface area contributed by atoms with Crippen molar-refractivity contribution in [2.45, 2.75) is 19.4 Å². The van der Waals surface area contributed by atoms with Gasteiger partial charge in [0.25, 0.3) is 0 Å². The van der Waals surface area contributed by atoms with Crippen molar-refractivity contribution >= 4 is 40.9 Å². The summed E-state index contributed by atoms with van der Waals surface area (Å²) in [6.07, 6.45) is 0. The first-order valence-corrected chi connectivity index (χ1v) is 9.49. The molecule has 1 N–H and O–H groups in total. The van der Waals surface area contributed by atoms with Gasteiger partial charge in [-0.25, -0.2) is 4.79 Å². The maximum absolute atomic E-state index is 13.4. The number of halogens is 2. The molecule has 0 bridgehead atoms. The van der Waals surface area contributed by atoms with E-state index in [1.165, 1.54) is 0 Å². The molecule has 2 aromatic rings. The third-order valence-corrected chi connectivity index (χ3v) is 5.25. The molecule has 8 heteroatoms. The van der Waals surface area contributed by atoms with E-state index < -0.39 is 11.5 Å². The predicted molar refractivity (Wildman–Crippen MR) is 110 cm³/mol. The van der Waals surface area contributed by atoms with Gasteiger partial charge in [-0.05, 0) is 49.7 Å². The molecule has 1 aliphatic rings. The fourth-order valence-electron chi connectivity index (χ4n) is 3.28. The van der Waals surface area contributed by atoms with E-state index in [1.54, 1.807) is 32.9 Å². The van der Waals surface area contributed by atoms with Crippen LogP contribution >= 0.6 is 23.2 Å². The van der Waals surface area contributed by atoms with Gasteiger partial charge in [-0.2, -0.15) is 0 Å². The van der Waals surface area contributed by atoms with Crippen LogP contribution in [0, 0.1) is 0 Å². The van der Waals surface area contributed by atoms with Crippen LogP contribution in [0.15, 0.2) is 48.5 Å². The third kappa shape index (κ3) is 4.24. The number of carboxylic acids is 1. The van der Waals surface area contributed by atoms with E-state index in [0.717, 1.165) is 5.56 Å². The first kappa shape index (κ1) is 20.5. The van der Waals surface area contributed by atoms with E-state index in [-0.39, 0.29) is 25.9 Å². The number of hydrogen-bond acceptors (Lipinski definition) is 3. The molecule has 0 aliphatic carbocycles. The van der Waals surface area contributed by atoms with Crippen molar-refractivity contribution in [2.24, 2.45) is 0 Å². The zero-order valence-corrected chi connectivity index (χ0v) is 17.1. The molecule has 2 amide bonds. The Bertz CT molecular complexity index is 869. The van der Waals surface area contributed by atoms with Crippen molar-refractivity contribution < 1.29 is 14.7 Å². The lowest BCUT2D eigenvalue weighted by atomic mass is 9.92. The SMILES string of the molecule is CC(C)(c1cc(Cl)cc(Cl)c1)N1CN(CC(=O)O)CN(c2ccccc2)C1=O. The molecule has 0 unspecified atom stereocenters. The van der Waals surface area contributed by atoms with Gasteiger partial charge in [0.15, 0.2) is 0 Å². The number of urea groups is 1. The van der Waals surface area contributed by atoms with Crippen molar-refractivity contribution in [3.8, 4) is 0 Å². The van der Waals surface area contributed by atoms with Gasteiger partial charge in [0.1, 0.15) is 0 Å². The highest BCUT2D eigenvalue weighted by Crippen LogP contribution is 2.35. The second-order valence-corrected chi connectivity index (χ2v) is 8.07. The predicted octanol–water partition coefficient (Wildman–Crippen LogP) is 4.47. The molecular weight excluding hydrogens is 401 g/mol. The second kappa shape index (κ2) is 7.99. The monoisotopic (exact) mass is 421 g/mol. The van der Waals surface area contributed by atoms with Crippen LogP contribution in [0.1, 0.15) is 19.4 Å². The summed E-state index contributed by atoms with van der Waals surface area (Å²) >= 11 is 12.3. The Morgan fingerprint density at radius 2 is 1.68 bits per heavy atom. The number of nitrogens with zero attached hydrogens (tertiary/aromatic N) is 3. The summed E-state index contributed by atoms with van der Waals surface area (Å²) < 4.78 is 0. The Kier molecular flexibility index (Phi) is 5.84. The Hall–Kier alpha value is -2.28. The molecule has 0 spiro atoms. The van der Waals surface area contributed by atoms with E-state index in [9.17, 15) is 14.7 Å². The zero-order valence-electron chi connectivity index (χ0n) is 15.6. The minimum atomic E-state index is -0.953. The molecule has 0 atom stereocenters. The number of anilines is 1. The Morgan fingerprint density at radius 3 is 2.25 bits per heavy atom. The number of carboxylic acid groups (broad SMARTS) is 1. The van der Waals surface area contributed by atoms with Crippen molar-refractivity contribution in [3.05, 3.63) is 64.1 Å². The molecule has 148 valence electrons. The summed E-state index contributed by atoms with van der Waals surface area (Å²) in [5.41, 5.74) is 0.701. The number of carbonyl (C=O) groups excluding carboxylic acids is 1.